The van der Waals surface area contributed by atoms with Gasteiger partial charge in [0.1, 0.15) is 0 Å². The number of fused-ring (bicyclic) bond motifs is 6. The SMILES string of the molecule is CC1(C)OB(c2cc3cccnc3c3ccccc23)OC1(C)C.O=[N+]([O-])c1ccccc1-c1cc2cccnc2c2ccccc12.O=[N+]([O-])c1ccccc1Br. The Labute approximate surface area is 331 Å². The molecule has 1 fully saturated rings. The number of benzene rings is 6. The van der Waals surface area contributed by atoms with Crippen LogP contribution in [0.15, 0.2) is 150 Å². The van der Waals surface area contributed by atoms with Crippen molar-refractivity contribution in [1.29, 1.82) is 0 Å². The van der Waals surface area contributed by atoms with Gasteiger partial charge in [0.2, 0.25) is 0 Å². The molecule has 12 heteroatoms. The summed E-state index contributed by atoms with van der Waals surface area (Å²) in [7, 11) is -0.366. The molecule has 1 saturated heterocycles. The fourth-order valence-corrected chi connectivity index (χ4v) is 7.14. The molecular weight excluding hydrogens is 771 g/mol. The van der Waals surface area contributed by atoms with Gasteiger partial charge in [0.15, 0.2) is 0 Å². The number of pyridine rings is 2. The number of aromatic nitrogens is 2. The summed E-state index contributed by atoms with van der Waals surface area (Å²) in [5, 5.41) is 27.9. The highest BCUT2D eigenvalue weighted by molar-refractivity contribution is 9.10. The van der Waals surface area contributed by atoms with Gasteiger partial charge < -0.3 is 9.31 Å². The van der Waals surface area contributed by atoms with Gasteiger partial charge in [-0.15, -0.1) is 0 Å². The second-order valence-corrected chi connectivity index (χ2v) is 15.1. The van der Waals surface area contributed by atoms with E-state index in [1.54, 1.807) is 36.5 Å². The van der Waals surface area contributed by atoms with Gasteiger partial charge in [-0.3, -0.25) is 30.2 Å². The number of hydrogen-bond acceptors (Lipinski definition) is 8. The molecule has 278 valence electrons. The van der Waals surface area contributed by atoms with Crippen LogP contribution >= 0.6 is 15.9 Å². The lowest BCUT2D eigenvalue weighted by atomic mass is 9.75. The predicted molar refractivity (Wildman–Crippen MR) is 227 cm³/mol. The van der Waals surface area contributed by atoms with Gasteiger partial charge in [0.25, 0.3) is 11.4 Å². The van der Waals surface area contributed by atoms with Crippen LogP contribution < -0.4 is 5.46 Å². The van der Waals surface area contributed by atoms with Gasteiger partial charge in [0, 0.05) is 46.1 Å². The first kappa shape index (κ1) is 38.2. The predicted octanol–water partition coefficient (Wildman–Crippen LogP) is 11.0. The molecule has 3 heterocycles. The van der Waals surface area contributed by atoms with Gasteiger partial charge in [-0.2, -0.15) is 0 Å². The Kier molecular flexibility index (Phi) is 10.6. The Morgan fingerprint density at radius 3 is 1.57 bits per heavy atom. The number of para-hydroxylation sites is 2. The highest BCUT2D eigenvalue weighted by atomic mass is 79.9. The van der Waals surface area contributed by atoms with E-state index in [2.05, 4.69) is 77.9 Å². The number of nitrogens with zero attached hydrogens (tertiary/aromatic N) is 4. The van der Waals surface area contributed by atoms with Gasteiger partial charge >= 0.3 is 7.12 Å². The summed E-state index contributed by atoms with van der Waals surface area (Å²) in [5.41, 5.74) is 4.00. The second-order valence-electron chi connectivity index (χ2n) is 14.2. The molecule has 0 spiro atoms. The number of halogens is 1. The molecule has 9 rings (SSSR count). The maximum absolute atomic E-state index is 11.4. The summed E-state index contributed by atoms with van der Waals surface area (Å²) in [6.45, 7) is 8.32. The molecular formula is C44H36BBrN4O6. The summed E-state index contributed by atoms with van der Waals surface area (Å²) >= 11 is 3.06. The van der Waals surface area contributed by atoms with Crippen molar-refractivity contribution in [2.45, 2.75) is 38.9 Å². The maximum Gasteiger partial charge on any atom is 0.495 e. The third-order valence-electron chi connectivity index (χ3n) is 10.2. The first-order valence-electron chi connectivity index (χ1n) is 17.9. The molecule has 0 radical (unpaired) electrons. The van der Waals surface area contributed by atoms with E-state index in [1.165, 1.54) is 12.1 Å². The highest BCUT2D eigenvalue weighted by Gasteiger charge is 2.52. The molecule has 8 aromatic rings. The zero-order chi connectivity index (χ0) is 39.6. The van der Waals surface area contributed by atoms with Crippen molar-refractivity contribution < 1.29 is 19.2 Å². The Bertz CT molecular complexity index is 2760. The molecule has 56 heavy (non-hydrogen) atoms. The van der Waals surface area contributed by atoms with Crippen molar-refractivity contribution in [3.63, 3.8) is 0 Å². The van der Waals surface area contributed by atoms with Crippen molar-refractivity contribution in [2.24, 2.45) is 0 Å². The van der Waals surface area contributed by atoms with Crippen molar-refractivity contribution in [2.75, 3.05) is 0 Å². The summed E-state index contributed by atoms with van der Waals surface area (Å²) in [4.78, 5) is 29.8. The molecule has 6 aromatic carbocycles. The van der Waals surface area contributed by atoms with Crippen LogP contribution in [0, 0.1) is 20.2 Å². The van der Waals surface area contributed by atoms with E-state index in [0.29, 0.717) is 10.0 Å². The first-order valence-corrected chi connectivity index (χ1v) is 18.7. The van der Waals surface area contributed by atoms with Crippen molar-refractivity contribution in [1.82, 2.24) is 9.97 Å². The smallest absolute Gasteiger partial charge is 0.399 e. The fourth-order valence-electron chi connectivity index (χ4n) is 6.71. The maximum atomic E-state index is 11.4. The van der Waals surface area contributed by atoms with E-state index in [4.69, 9.17) is 9.31 Å². The third kappa shape index (κ3) is 7.46. The Morgan fingerprint density at radius 1 is 0.554 bits per heavy atom. The van der Waals surface area contributed by atoms with E-state index >= 15 is 0 Å². The number of hydrogen-bond donors (Lipinski definition) is 0. The largest absolute Gasteiger partial charge is 0.495 e. The number of nitro groups is 2. The number of nitro benzene ring substituents is 2. The molecule has 1 aliphatic heterocycles. The minimum absolute atomic E-state index is 0.0995. The van der Waals surface area contributed by atoms with Crippen LogP contribution in [0.1, 0.15) is 27.7 Å². The van der Waals surface area contributed by atoms with Crippen LogP contribution in [0.2, 0.25) is 0 Å². The zero-order valence-corrected chi connectivity index (χ0v) is 32.6. The molecule has 0 atom stereocenters. The van der Waals surface area contributed by atoms with Crippen LogP contribution in [0.4, 0.5) is 11.4 Å². The van der Waals surface area contributed by atoms with E-state index in [1.807, 2.05) is 72.9 Å². The first-order chi connectivity index (χ1) is 26.9. The normalized spacial score (nSPS) is 14.2. The van der Waals surface area contributed by atoms with Crippen molar-refractivity contribution >= 4 is 83.2 Å². The van der Waals surface area contributed by atoms with Crippen LogP contribution in [0.3, 0.4) is 0 Å². The van der Waals surface area contributed by atoms with E-state index in [0.717, 1.165) is 54.4 Å². The lowest BCUT2D eigenvalue weighted by molar-refractivity contribution is -0.385. The van der Waals surface area contributed by atoms with Crippen LogP contribution in [-0.2, 0) is 9.31 Å². The minimum atomic E-state index is -0.427. The molecule has 2 aromatic heterocycles. The number of rotatable bonds is 4. The molecule has 0 unspecified atom stereocenters. The summed E-state index contributed by atoms with van der Waals surface area (Å²) in [5.74, 6) is 0. The van der Waals surface area contributed by atoms with Gasteiger partial charge in [0.05, 0.1) is 42.1 Å². The van der Waals surface area contributed by atoms with Crippen LogP contribution in [0.25, 0.3) is 54.5 Å². The Morgan fingerprint density at radius 2 is 1.02 bits per heavy atom. The van der Waals surface area contributed by atoms with Gasteiger partial charge in [-0.25, -0.2) is 0 Å². The van der Waals surface area contributed by atoms with E-state index in [-0.39, 0.29) is 34.6 Å². The van der Waals surface area contributed by atoms with Crippen molar-refractivity contribution in [3.05, 3.63) is 171 Å². The Hall–Kier alpha value is -6.08. The standard InChI is InChI=1S/C19H20BNO2.C19H12N2O2.C6H4BrNO2/c1-18(2)19(3,4)23-20(22-18)16-12-13-8-7-11-21-17(13)15-10-6-5-9-14(15)16;22-21(23)18-10-4-3-8-15(18)17-12-13-6-5-11-20-19(13)16-9-2-1-7-14(16)17;7-5-3-1-2-4-6(5)8(9)10/h5-12H,1-4H3;1-12H;1-4H. The lowest BCUT2D eigenvalue weighted by Crippen LogP contribution is -2.41. The highest BCUT2D eigenvalue weighted by Crippen LogP contribution is 2.39. The summed E-state index contributed by atoms with van der Waals surface area (Å²) < 4.78 is 13.0. The molecule has 0 N–H and O–H groups in total. The van der Waals surface area contributed by atoms with E-state index < -0.39 is 4.92 Å². The topological polar surface area (TPSA) is 131 Å². The van der Waals surface area contributed by atoms with Crippen LogP contribution in [0.5, 0.6) is 0 Å². The molecule has 0 aliphatic carbocycles. The Balaban J connectivity index is 0.000000139. The third-order valence-corrected chi connectivity index (χ3v) is 10.9. The van der Waals surface area contributed by atoms with Gasteiger partial charge in [-0.1, -0.05) is 91.0 Å². The van der Waals surface area contributed by atoms with Crippen molar-refractivity contribution in [3.8, 4) is 11.1 Å². The average Bonchev–Trinajstić information content (AvgIpc) is 3.43. The average molecular weight is 808 g/mol. The monoisotopic (exact) mass is 806 g/mol. The summed E-state index contributed by atoms with van der Waals surface area (Å²) in [6, 6.07) is 41.5. The molecule has 1 aliphatic rings. The zero-order valence-electron chi connectivity index (χ0n) is 31.1. The quantitative estimate of drug-likeness (QED) is 0.0743. The fraction of sp³-hybridized carbons (Fsp3) is 0.136. The van der Waals surface area contributed by atoms with Crippen LogP contribution in [-0.4, -0.2) is 38.1 Å². The molecule has 0 bridgehead atoms. The molecule has 10 nitrogen and oxygen atoms in total. The molecule has 0 saturated carbocycles. The molecule has 0 amide bonds. The van der Waals surface area contributed by atoms with E-state index in [9.17, 15) is 20.2 Å². The van der Waals surface area contributed by atoms with Gasteiger partial charge in [-0.05, 0) is 95.8 Å². The lowest BCUT2D eigenvalue weighted by Gasteiger charge is -2.32. The summed E-state index contributed by atoms with van der Waals surface area (Å²) in [6.07, 6.45) is 3.60. The second kappa shape index (κ2) is 15.6. The minimum Gasteiger partial charge on any atom is -0.399 e.